The highest BCUT2D eigenvalue weighted by Gasteiger charge is 2.20. The van der Waals surface area contributed by atoms with Crippen molar-refractivity contribution in [1.82, 2.24) is 9.88 Å². The van der Waals surface area contributed by atoms with Crippen LogP contribution < -0.4 is 10.3 Å². The molecule has 3 rings (SSSR count). The Morgan fingerprint density at radius 3 is 2.61 bits per heavy atom. The van der Waals surface area contributed by atoms with Gasteiger partial charge in [-0.15, -0.1) is 0 Å². The topological polar surface area (TPSA) is 45.3 Å². The first-order valence-corrected chi connectivity index (χ1v) is 8.00. The van der Waals surface area contributed by atoms with Gasteiger partial charge in [-0.05, 0) is 67.7 Å². The summed E-state index contributed by atoms with van der Waals surface area (Å²) in [6, 6.07) is 9.81. The molecule has 4 nitrogen and oxygen atoms in total. The molecule has 0 amide bonds. The van der Waals surface area contributed by atoms with Gasteiger partial charge in [-0.2, -0.15) is 0 Å². The second kappa shape index (κ2) is 7.42. The van der Waals surface area contributed by atoms with Crippen molar-refractivity contribution < 1.29 is 9.13 Å². The predicted molar refractivity (Wildman–Crippen MR) is 87.4 cm³/mol. The zero-order valence-corrected chi connectivity index (χ0v) is 13.0. The largest absolute Gasteiger partial charge is 0.492 e. The molecular weight excluding hydrogens is 295 g/mol. The molecule has 122 valence electrons. The molecule has 1 fully saturated rings. The molecule has 0 radical (unpaired) electrons. The highest BCUT2D eigenvalue weighted by atomic mass is 19.1. The number of nitrogens with one attached hydrogen (secondary N) is 1. The fourth-order valence-electron chi connectivity index (χ4n) is 3.03. The van der Waals surface area contributed by atoms with E-state index in [1.54, 1.807) is 24.4 Å². The predicted octanol–water partition coefficient (Wildman–Crippen LogP) is 2.77. The molecule has 1 saturated heterocycles. The molecular formula is C18H21FN2O2. The zero-order chi connectivity index (χ0) is 16.1. The Morgan fingerprint density at radius 2 is 1.91 bits per heavy atom. The van der Waals surface area contributed by atoms with E-state index >= 15 is 0 Å². The number of ether oxygens (including phenoxy) is 1. The zero-order valence-electron chi connectivity index (χ0n) is 13.0. The van der Waals surface area contributed by atoms with Crippen molar-refractivity contribution in [2.24, 2.45) is 0 Å². The number of H-pyrrole nitrogens is 1. The summed E-state index contributed by atoms with van der Waals surface area (Å²) in [7, 11) is 0. The molecule has 0 spiro atoms. The van der Waals surface area contributed by atoms with Crippen molar-refractivity contribution in [2.45, 2.75) is 18.8 Å². The van der Waals surface area contributed by atoms with E-state index < -0.39 is 0 Å². The number of nitrogens with zero attached hydrogens (tertiary/aromatic N) is 1. The number of hydrogen-bond donors (Lipinski definition) is 1. The van der Waals surface area contributed by atoms with Crippen molar-refractivity contribution in [3.05, 3.63) is 64.3 Å². The molecule has 0 unspecified atom stereocenters. The van der Waals surface area contributed by atoms with E-state index in [1.165, 1.54) is 12.1 Å². The van der Waals surface area contributed by atoms with Crippen LogP contribution in [0.3, 0.4) is 0 Å². The van der Waals surface area contributed by atoms with Crippen LogP contribution in [0.15, 0.2) is 47.4 Å². The molecule has 0 aliphatic carbocycles. The average molecular weight is 316 g/mol. The first-order chi connectivity index (χ1) is 11.2. The molecule has 2 heterocycles. The van der Waals surface area contributed by atoms with Crippen LogP contribution in [0.25, 0.3) is 0 Å². The Kier molecular flexibility index (Phi) is 5.08. The van der Waals surface area contributed by atoms with E-state index in [9.17, 15) is 9.18 Å². The molecule has 2 aromatic rings. The summed E-state index contributed by atoms with van der Waals surface area (Å²) in [6.45, 7) is 3.47. The van der Waals surface area contributed by atoms with Crippen LogP contribution in [-0.4, -0.2) is 36.1 Å². The maximum atomic E-state index is 12.8. The highest BCUT2D eigenvalue weighted by Crippen LogP contribution is 2.26. The Labute approximate surface area is 134 Å². The van der Waals surface area contributed by atoms with Gasteiger partial charge in [0.15, 0.2) is 0 Å². The van der Waals surface area contributed by atoms with E-state index in [0.717, 1.165) is 38.0 Å². The van der Waals surface area contributed by atoms with Gasteiger partial charge in [0.1, 0.15) is 18.2 Å². The lowest BCUT2D eigenvalue weighted by Crippen LogP contribution is -2.36. The molecule has 0 atom stereocenters. The minimum absolute atomic E-state index is 0.0300. The van der Waals surface area contributed by atoms with Gasteiger partial charge >= 0.3 is 0 Å². The third-order valence-electron chi connectivity index (χ3n) is 4.35. The van der Waals surface area contributed by atoms with Gasteiger partial charge in [0.2, 0.25) is 5.56 Å². The number of aromatic amines is 1. The summed E-state index contributed by atoms with van der Waals surface area (Å²) in [5.74, 6) is 0.913. The Balaban J connectivity index is 1.42. The van der Waals surface area contributed by atoms with Crippen LogP contribution in [0.2, 0.25) is 0 Å². The van der Waals surface area contributed by atoms with Crippen molar-refractivity contribution in [2.75, 3.05) is 26.2 Å². The smallest absolute Gasteiger partial charge is 0.248 e. The number of halogens is 1. The van der Waals surface area contributed by atoms with Crippen molar-refractivity contribution in [3.8, 4) is 5.75 Å². The summed E-state index contributed by atoms with van der Waals surface area (Å²) in [5.41, 5.74) is 1.11. The first kappa shape index (κ1) is 15.7. The Morgan fingerprint density at radius 1 is 1.17 bits per heavy atom. The van der Waals surface area contributed by atoms with Gasteiger partial charge in [0.05, 0.1) is 0 Å². The van der Waals surface area contributed by atoms with Gasteiger partial charge < -0.3 is 9.72 Å². The van der Waals surface area contributed by atoms with Crippen LogP contribution in [0.5, 0.6) is 5.75 Å². The minimum atomic E-state index is -0.251. The quantitative estimate of drug-likeness (QED) is 0.922. The van der Waals surface area contributed by atoms with Crippen LogP contribution in [-0.2, 0) is 0 Å². The number of rotatable bonds is 5. The summed E-state index contributed by atoms with van der Waals surface area (Å²) < 4.78 is 18.5. The highest BCUT2D eigenvalue weighted by molar-refractivity contribution is 5.22. The van der Waals surface area contributed by atoms with Crippen LogP contribution in [0.1, 0.15) is 24.3 Å². The van der Waals surface area contributed by atoms with Crippen LogP contribution in [0.4, 0.5) is 4.39 Å². The van der Waals surface area contributed by atoms with Gasteiger partial charge in [-0.25, -0.2) is 4.39 Å². The van der Waals surface area contributed by atoms with E-state index in [-0.39, 0.29) is 11.4 Å². The van der Waals surface area contributed by atoms with E-state index in [2.05, 4.69) is 9.88 Å². The standard InChI is InChI=1S/C18H21FN2O2/c19-16-1-3-17(4-2-16)23-12-11-21-9-6-14(7-10-21)15-5-8-20-18(22)13-15/h1-5,8,13-14H,6-7,9-12H2,(H,20,22). The number of piperidine rings is 1. The summed E-state index contributed by atoms with van der Waals surface area (Å²) in [4.78, 5) is 16.4. The van der Waals surface area contributed by atoms with Crippen molar-refractivity contribution in [1.29, 1.82) is 0 Å². The molecule has 23 heavy (non-hydrogen) atoms. The van der Waals surface area contributed by atoms with E-state index in [4.69, 9.17) is 4.74 Å². The fraction of sp³-hybridized carbons (Fsp3) is 0.389. The second-order valence-corrected chi connectivity index (χ2v) is 5.90. The molecule has 1 aliphatic heterocycles. The van der Waals surface area contributed by atoms with Crippen LogP contribution >= 0.6 is 0 Å². The third kappa shape index (κ3) is 4.42. The first-order valence-electron chi connectivity index (χ1n) is 8.00. The lowest BCUT2D eigenvalue weighted by molar-refractivity contribution is 0.173. The molecule has 1 aromatic carbocycles. The normalized spacial score (nSPS) is 16.4. The van der Waals surface area contributed by atoms with Crippen molar-refractivity contribution in [3.63, 3.8) is 0 Å². The molecule has 1 aliphatic rings. The number of benzene rings is 1. The molecule has 1 aromatic heterocycles. The number of likely N-dealkylation sites (tertiary alicyclic amines) is 1. The van der Waals surface area contributed by atoms with Crippen molar-refractivity contribution >= 4 is 0 Å². The van der Waals surface area contributed by atoms with Gasteiger partial charge in [-0.1, -0.05) is 0 Å². The number of pyridine rings is 1. The number of hydrogen-bond acceptors (Lipinski definition) is 3. The van der Waals surface area contributed by atoms with Gasteiger partial charge in [0, 0.05) is 18.8 Å². The monoisotopic (exact) mass is 316 g/mol. The van der Waals surface area contributed by atoms with E-state index in [0.29, 0.717) is 18.3 Å². The maximum Gasteiger partial charge on any atom is 0.248 e. The Hall–Kier alpha value is -2.14. The molecule has 0 saturated carbocycles. The molecule has 0 bridgehead atoms. The lowest BCUT2D eigenvalue weighted by atomic mass is 9.90. The minimum Gasteiger partial charge on any atom is -0.492 e. The summed E-state index contributed by atoms with van der Waals surface area (Å²) in [5, 5.41) is 0. The SMILES string of the molecule is O=c1cc(C2CCN(CCOc3ccc(F)cc3)CC2)cc[nH]1. The van der Waals surface area contributed by atoms with Gasteiger partial charge in [0.25, 0.3) is 0 Å². The maximum absolute atomic E-state index is 12.8. The van der Waals surface area contributed by atoms with Crippen LogP contribution in [0, 0.1) is 5.82 Å². The fourth-order valence-corrected chi connectivity index (χ4v) is 3.03. The second-order valence-electron chi connectivity index (χ2n) is 5.90. The number of aromatic nitrogens is 1. The summed E-state index contributed by atoms with van der Waals surface area (Å²) >= 11 is 0. The lowest BCUT2D eigenvalue weighted by Gasteiger charge is -2.31. The summed E-state index contributed by atoms with van der Waals surface area (Å²) in [6.07, 6.45) is 3.83. The van der Waals surface area contributed by atoms with Gasteiger partial charge in [-0.3, -0.25) is 9.69 Å². The Bertz CT molecular complexity index is 676. The third-order valence-corrected chi connectivity index (χ3v) is 4.35. The molecule has 5 heteroatoms. The average Bonchev–Trinajstić information content (AvgIpc) is 2.57. The molecule has 1 N–H and O–H groups in total. The van der Waals surface area contributed by atoms with E-state index in [1.807, 2.05) is 6.07 Å².